The van der Waals surface area contributed by atoms with Crippen LogP contribution in [0.5, 0.6) is 0 Å². The minimum atomic E-state index is -0.519. The molecule has 1 aliphatic heterocycles. The minimum absolute atomic E-state index is 0.264. The number of fused-ring (bicyclic) bond motifs is 3. The SMILES string of the molecule is CC(C)(C)OC(=O)N1CCN(CC(O)Cn2c3ccc(Br)cc3c3cc(Br)ccc32)CC1. The maximum atomic E-state index is 12.3. The summed E-state index contributed by atoms with van der Waals surface area (Å²) in [6.45, 7) is 9.38. The maximum absolute atomic E-state index is 12.3. The van der Waals surface area contributed by atoms with Gasteiger partial charge in [-0.2, -0.15) is 0 Å². The number of amides is 1. The van der Waals surface area contributed by atoms with Crippen LogP contribution in [0.25, 0.3) is 21.8 Å². The first-order valence-corrected chi connectivity index (χ1v) is 12.4. The fraction of sp³-hybridized carbons (Fsp3) is 0.458. The van der Waals surface area contributed by atoms with Crippen LogP contribution < -0.4 is 0 Å². The molecule has 2 heterocycles. The number of aliphatic hydroxyl groups excluding tert-OH is 1. The maximum Gasteiger partial charge on any atom is 0.410 e. The Bertz CT molecular complexity index is 1070. The van der Waals surface area contributed by atoms with E-state index < -0.39 is 11.7 Å². The van der Waals surface area contributed by atoms with E-state index in [2.05, 4.69) is 65.6 Å². The van der Waals surface area contributed by atoms with Crippen molar-refractivity contribution < 1.29 is 14.6 Å². The van der Waals surface area contributed by atoms with Crippen LogP contribution in [0.1, 0.15) is 20.8 Å². The van der Waals surface area contributed by atoms with Crippen LogP contribution in [0.4, 0.5) is 4.79 Å². The second kappa shape index (κ2) is 9.33. The molecule has 8 heteroatoms. The van der Waals surface area contributed by atoms with Crippen LogP contribution in [0.2, 0.25) is 0 Å². The summed E-state index contributed by atoms with van der Waals surface area (Å²) in [5.41, 5.74) is 1.72. The van der Waals surface area contributed by atoms with E-state index in [0.29, 0.717) is 26.2 Å². The number of benzene rings is 2. The van der Waals surface area contributed by atoms with Gasteiger partial charge in [0.05, 0.1) is 12.6 Å². The van der Waals surface area contributed by atoms with E-state index in [1.807, 2.05) is 32.9 Å². The van der Waals surface area contributed by atoms with Gasteiger partial charge >= 0.3 is 6.09 Å². The van der Waals surface area contributed by atoms with E-state index in [1.165, 1.54) is 0 Å². The van der Waals surface area contributed by atoms with E-state index in [-0.39, 0.29) is 6.09 Å². The molecule has 1 unspecified atom stereocenters. The Morgan fingerprint density at radius 2 is 1.50 bits per heavy atom. The lowest BCUT2D eigenvalue weighted by molar-refractivity contribution is 0.00950. The molecule has 0 spiro atoms. The molecule has 6 nitrogen and oxygen atoms in total. The second-order valence-electron chi connectivity index (χ2n) is 9.36. The zero-order valence-electron chi connectivity index (χ0n) is 18.6. The summed E-state index contributed by atoms with van der Waals surface area (Å²) in [7, 11) is 0. The van der Waals surface area contributed by atoms with E-state index in [1.54, 1.807) is 4.90 Å². The molecule has 1 atom stereocenters. The molecule has 1 amide bonds. The summed E-state index contributed by atoms with van der Waals surface area (Å²) >= 11 is 7.16. The van der Waals surface area contributed by atoms with Crippen LogP contribution >= 0.6 is 31.9 Å². The van der Waals surface area contributed by atoms with Crippen molar-refractivity contribution in [2.45, 2.75) is 39.0 Å². The summed E-state index contributed by atoms with van der Waals surface area (Å²) < 4.78 is 9.74. The zero-order chi connectivity index (χ0) is 23.0. The Balaban J connectivity index is 1.44. The summed E-state index contributed by atoms with van der Waals surface area (Å²) in [5.74, 6) is 0. The average molecular weight is 567 g/mol. The second-order valence-corrected chi connectivity index (χ2v) is 11.2. The molecule has 1 saturated heterocycles. The van der Waals surface area contributed by atoms with Gasteiger partial charge in [0, 0.05) is 63.5 Å². The molecule has 172 valence electrons. The van der Waals surface area contributed by atoms with Gasteiger partial charge in [0.25, 0.3) is 0 Å². The first kappa shape index (κ1) is 23.5. The van der Waals surface area contributed by atoms with Crippen molar-refractivity contribution in [1.82, 2.24) is 14.4 Å². The molecule has 2 aromatic carbocycles. The Hall–Kier alpha value is -1.61. The Morgan fingerprint density at radius 3 is 2.00 bits per heavy atom. The largest absolute Gasteiger partial charge is 0.444 e. The van der Waals surface area contributed by atoms with E-state index in [4.69, 9.17) is 4.74 Å². The molecule has 0 saturated carbocycles. The lowest BCUT2D eigenvalue weighted by Crippen LogP contribution is -2.51. The summed E-state index contributed by atoms with van der Waals surface area (Å²) in [6, 6.07) is 12.5. The fourth-order valence-electron chi connectivity index (χ4n) is 4.25. The van der Waals surface area contributed by atoms with Crippen molar-refractivity contribution in [3.05, 3.63) is 45.3 Å². The van der Waals surface area contributed by atoms with Crippen LogP contribution in [-0.4, -0.2) is 70.0 Å². The molecule has 1 fully saturated rings. The van der Waals surface area contributed by atoms with Crippen molar-refractivity contribution in [3.63, 3.8) is 0 Å². The van der Waals surface area contributed by atoms with Gasteiger partial charge in [-0.3, -0.25) is 4.90 Å². The summed E-state index contributed by atoms with van der Waals surface area (Å²) in [5, 5.41) is 13.3. The third-order valence-corrected chi connectivity index (χ3v) is 6.66. The molecule has 0 radical (unpaired) electrons. The molecular formula is C24H29Br2N3O3. The molecule has 3 aromatic rings. The number of carbonyl (C=O) groups is 1. The van der Waals surface area contributed by atoms with Crippen LogP contribution in [-0.2, 0) is 11.3 Å². The Labute approximate surface area is 205 Å². The van der Waals surface area contributed by atoms with E-state index >= 15 is 0 Å². The first-order chi connectivity index (χ1) is 15.1. The minimum Gasteiger partial charge on any atom is -0.444 e. The van der Waals surface area contributed by atoms with Crippen molar-refractivity contribution in [2.75, 3.05) is 32.7 Å². The number of halogens is 2. The monoisotopic (exact) mass is 565 g/mol. The smallest absolute Gasteiger partial charge is 0.410 e. The number of rotatable bonds is 4. The molecule has 1 aromatic heterocycles. The van der Waals surface area contributed by atoms with Crippen molar-refractivity contribution in [3.8, 4) is 0 Å². The molecule has 0 aliphatic carbocycles. The Kier molecular flexibility index (Phi) is 6.86. The summed E-state index contributed by atoms with van der Waals surface area (Å²) in [6.07, 6.45) is -0.783. The van der Waals surface area contributed by atoms with Crippen molar-refractivity contribution in [2.24, 2.45) is 0 Å². The highest BCUT2D eigenvalue weighted by Crippen LogP contribution is 2.33. The van der Waals surface area contributed by atoms with Crippen LogP contribution in [0.15, 0.2) is 45.3 Å². The van der Waals surface area contributed by atoms with Crippen molar-refractivity contribution >= 4 is 59.8 Å². The molecule has 1 aliphatic rings. The van der Waals surface area contributed by atoms with Gasteiger partial charge in [-0.1, -0.05) is 31.9 Å². The van der Waals surface area contributed by atoms with E-state index in [9.17, 15) is 9.90 Å². The third-order valence-electron chi connectivity index (χ3n) is 5.68. The molecule has 1 N–H and O–H groups in total. The molecule has 32 heavy (non-hydrogen) atoms. The topological polar surface area (TPSA) is 57.9 Å². The number of hydrogen-bond acceptors (Lipinski definition) is 4. The number of ether oxygens (including phenoxy) is 1. The molecular weight excluding hydrogens is 538 g/mol. The zero-order valence-corrected chi connectivity index (χ0v) is 21.8. The highest BCUT2D eigenvalue weighted by Gasteiger charge is 2.27. The number of carbonyl (C=O) groups excluding carboxylic acids is 1. The fourth-order valence-corrected chi connectivity index (χ4v) is 4.97. The Morgan fingerprint density at radius 1 is 0.969 bits per heavy atom. The number of hydrogen-bond donors (Lipinski definition) is 1. The average Bonchev–Trinajstić information content (AvgIpc) is 2.99. The van der Waals surface area contributed by atoms with Gasteiger partial charge < -0.3 is 19.3 Å². The van der Waals surface area contributed by atoms with E-state index in [0.717, 1.165) is 43.8 Å². The van der Waals surface area contributed by atoms with Gasteiger partial charge in [0.15, 0.2) is 0 Å². The van der Waals surface area contributed by atoms with Crippen molar-refractivity contribution in [1.29, 1.82) is 0 Å². The van der Waals surface area contributed by atoms with Gasteiger partial charge in [-0.25, -0.2) is 4.79 Å². The number of nitrogens with zero attached hydrogens (tertiary/aromatic N) is 3. The normalized spacial score (nSPS) is 16.6. The number of aromatic nitrogens is 1. The molecule has 0 bridgehead atoms. The quantitative estimate of drug-likeness (QED) is 0.469. The van der Waals surface area contributed by atoms with Gasteiger partial charge in [0.1, 0.15) is 5.60 Å². The van der Waals surface area contributed by atoms with Crippen LogP contribution in [0.3, 0.4) is 0 Å². The third kappa shape index (κ3) is 5.30. The lowest BCUT2D eigenvalue weighted by atomic mass is 10.2. The summed E-state index contributed by atoms with van der Waals surface area (Å²) in [4.78, 5) is 16.2. The molecule has 4 rings (SSSR count). The predicted molar refractivity (Wildman–Crippen MR) is 135 cm³/mol. The number of aliphatic hydroxyl groups is 1. The van der Waals surface area contributed by atoms with Gasteiger partial charge in [-0.15, -0.1) is 0 Å². The standard InChI is InChI=1S/C24H29Br2N3O3/c1-24(2,3)32-23(31)28-10-8-27(9-11-28)14-18(30)15-29-21-6-4-16(25)12-19(21)20-13-17(26)5-7-22(20)29/h4-7,12-13,18,30H,8-11,14-15H2,1-3H3. The van der Waals surface area contributed by atoms with Gasteiger partial charge in [-0.05, 0) is 57.2 Å². The van der Waals surface area contributed by atoms with Crippen LogP contribution in [0, 0.1) is 0 Å². The number of β-amino-alcohol motifs (C(OH)–C–C–N with tert-alkyl or cyclic N) is 1. The first-order valence-electron chi connectivity index (χ1n) is 10.9. The lowest BCUT2D eigenvalue weighted by Gasteiger charge is -2.36. The highest BCUT2D eigenvalue weighted by molar-refractivity contribution is 9.10. The highest BCUT2D eigenvalue weighted by atomic mass is 79.9. The van der Waals surface area contributed by atoms with Gasteiger partial charge in [0.2, 0.25) is 0 Å². The predicted octanol–water partition coefficient (Wildman–Crippen LogP) is 5.23. The number of piperazine rings is 1.